The number of nitro groups is 1. The van der Waals surface area contributed by atoms with Gasteiger partial charge < -0.3 is 5.32 Å². The molecule has 0 aliphatic carbocycles. The van der Waals surface area contributed by atoms with Gasteiger partial charge in [0.1, 0.15) is 0 Å². The van der Waals surface area contributed by atoms with Crippen LogP contribution in [0.4, 0.5) is 5.69 Å². The Kier molecular flexibility index (Phi) is 3.79. The number of rotatable bonds is 5. The van der Waals surface area contributed by atoms with Crippen molar-refractivity contribution in [3.63, 3.8) is 0 Å². The Morgan fingerprint density at radius 1 is 1.35 bits per heavy atom. The number of aromatic nitrogens is 1. The average Bonchev–Trinajstić information content (AvgIpc) is 2.82. The second-order valence-corrected chi connectivity index (χ2v) is 4.43. The summed E-state index contributed by atoms with van der Waals surface area (Å²) < 4.78 is 0. The van der Waals surface area contributed by atoms with E-state index in [1.54, 1.807) is 41.2 Å². The van der Waals surface area contributed by atoms with E-state index in [-0.39, 0.29) is 10.6 Å². The van der Waals surface area contributed by atoms with Gasteiger partial charge in [0.2, 0.25) is 0 Å². The largest absolute Gasteiger partial charge is 0.307 e. The van der Waals surface area contributed by atoms with Crippen molar-refractivity contribution in [3.8, 4) is 0 Å². The molecule has 0 amide bonds. The first-order chi connectivity index (χ1) is 8.27. The highest BCUT2D eigenvalue weighted by Crippen LogP contribution is 2.17. The molecular formula is C11H11N3O2S. The average molecular weight is 249 g/mol. The van der Waals surface area contributed by atoms with Crippen molar-refractivity contribution in [2.45, 2.75) is 13.1 Å². The van der Waals surface area contributed by atoms with E-state index < -0.39 is 0 Å². The zero-order valence-corrected chi connectivity index (χ0v) is 9.81. The maximum Gasteiger partial charge on any atom is 0.273 e. The fourth-order valence-electron chi connectivity index (χ4n) is 1.49. The summed E-state index contributed by atoms with van der Waals surface area (Å²) in [6.07, 6.45) is 1.79. The highest BCUT2D eigenvalue weighted by atomic mass is 32.1. The van der Waals surface area contributed by atoms with Crippen LogP contribution in [0.2, 0.25) is 0 Å². The van der Waals surface area contributed by atoms with Crippen LogP contribution in [0.25, 0.3) is 0 Å². The minimum Gasteiger partial charge on any atom is -0.307 e. The van der Waals surface area contributed by atoms with Gasteiger partial charge in [-0.25, -0.2) is 0 Å². The van der Waals surface area contributed by atoms with Gasteiger partial charge >= 0.3 is 0 Å². The third-order valence-corrected chi connectivity index (χ3v) is 3.07. The fourth-order valence-corrected chi connectivity index (χ4v) is 2.05. The third-order valence-electron chi connectivity index (χ3n) is 2.29. The number of nitrogens with zero attached hydrogens (tertiary/aromatic N) is 2. The molecule has 0 bridgehead atoms. The van der Waals surface area contributed by atoms with Crippen LogP contribution in [0, 0.1) is 10.1 Å². The molecule has 0 spiro atoms. The topological polar surface area (TPSA) is 68.1 Å². The van der Waals surface area contributed by atoms with Gasteiger partial charge in [-0.3, -0.25) is 15.1 Å². The van der Waals surface area contributed by atoms with E-state index in [2.05, 4.69) is 10.3 Å². The lowest BCUT2D eigenvalue weighted by Crippen LogP contribution is -2.12. The lowest BCUT2D eigenvalue weighted by Gasteiger charge is -2.03. The number of benzene rings is 1. The number of thiazole rings is 1. The highest BCUT2D eigenvalue weighted by Gasteiger charge is 2.11. The van der Waals surface area contributed by atoms with Crippen LogP contribution < -0.4 is 5.32 Å². The van der Waals surface area contributed by atoms with Crippen LogP contribution in [0.15, 0.2) is 36.0 Å². The summed E-state index contributed by atoms with van der Waals surface area (Å²) >= 11 is 1.56. The summed E-state index contributed by atoms with van der Waals surface area (Å²) in [5, 5.41) is 13.9. The standard InChI is InChI=1S/C11H11N3O2S/c15-14(16)11-4-2-1-3-9(11)5-12-6-10-7-13-8-17-10/h1-4,7-8,12H,5-6H2. The maximum atomic E-state index is 10.8. The monoisotopic (exact) mass is 249 g/mol. The van der Waals surface area contributed by atoms with Gasteiger partial charge in [-0.15, -0.1) is 11.3 Å². The first-order valence-corrected chi connectivity index (χ1v) is 5.95. The van der Waals surface area contributed by atoms with E-state index in [0.29, 0.717) is 18.7 Å². The minimum atomic E-state index is -0.357. The highest BCUT2D eigenvalue weighted by molar-refractivity contribution is 7.09. The summed E-state index contributed by atoms with van der Waals surface area (Å²) in [7, 11) is 0. The SMILES string of the molecule is O=[N+]([O-])c1ccccc1CNCc1cncs1. The van der Waals surface area contributed by atoms with Gasteiger partial charge in [0.05, 0.1) is 10.4 Å². The Morgan fingerprint density at radius 2 is 2.18 bits per heavy atom. The molecule has 0 aliphatic rings. The molecular weight excluding hydrogens is 238 g/mol. The van der Waals surface area contributed by atoms with Crippen molar-refractivity contribution in [1.82, 2.24) is 10.3 Å². The zero-order chi connectivity index (χ0) is 12.1. The normalized spacial score (nSPS) is 10.4. The number of nitro benzene ring substituents is 1. The Balaban J connectivity index is 1.97. The Labute approximate surface area is 102 Å². The lowest BCUT2D eigenvalue weighted by molar-refractivity contribution is -0.385. The van der Waals surface area contributed by atoms with E-state index >= 15 is 0 Å². The maximum absolute atomic E-state index is 10.8. The van der Waals surface area contributed by atoms with Crippen molar-refractivity contribution in [3.05, 3.63) is 56.5 Å². The van der Waals surface area contributed by atoms with Crippen LogP contribution in [-0.4, -0.2) is 9.91 Å². The van der Waals surface area contributed by atoms with E-state index in [4.69, 9.17) is 0 Å². The molecule has 1 N–H and O–H groups in total. The van der Waals surface area contributed by atoms with Gasteiger partial charge in [-0.05, 0) is 0 Å². The first-order valence-electron chi connectivity index (χ1n) is 5.08. The molecule has 1 aromatic carbocycles. The molecule has 2 rings (SSSR count). The fraction of sp³-hybridized carbons (Fsp3) is 0.182. The molecule has 0 atom stereocenters. The van der Waals surface area contributed by atoms with Crippen molar-refractivity contribution in [2.75, 3.05) is 0 Å². The van der Waals surface area contributed by atoms with Gasteiger partial charge in [0, 0.05) is 35.8 Å². The molecule has 0 fully saturated rings. The molecule has 1 heterocycles. The number of para-hydroxylation sites is 1. The third kappa shape index (κ3) is 3.08. The van der Waals surface area contributed by atoms with Crippen molar-refractivity contribution < 1.29 is 4.92 Å². The van der Waals surface area contributed by atoms with Gasteiger partial charge in [0.25, 0.3) is 5.69 Å². The molecule has 2 aromatic rings. The van der Waals surface area contributed by atoms with Crippen molar-refractivity contribution >= 4 is 17.0 Å². The minimum absolute atomic E-state index is 0.157. The van der Waals surface area contributed by atoms with Crippen LogP contribution in [-0.2, 0) is 13.1 Å². The van der Waals surface area contributed by atoms with Gasteiger partial charge in [-0.1, -0.05) is 18.2 Å². The second-order valence-electron chi connectivity index (χ2n) is 3.46. The molecule has 0 aliphatic heterocycles. The number of hydrogen-bond acceptors (Lipinski definition) is 5. The molecule has 6 heteroatoms. The van der Waals surface area contributed by atoms with Gasteiger partial charge in [0.15, 0.2) is 0 Å². The summed E-state index contributed by atoms with van der Waals surface area (Å²) in [6.45, 7) is 1.16. The van der Waals surface area contributed by atoms with Crippen LogP contribution in [0.5, 0.6) is 0 Å². The lowest BCUT2D eigenvalue weighted by atomic mass is 10.2. The summed E-state index contributed by atoms with van der Waals surface area (Å²) in [6, 6.07) is 6.75. The summed E-state index contributed by atoms with van der Waals surface area (Å²) in [5.74, 6) is 0. The van der Waals surface area contributed by atoms with E-state index in [0.717, 1.165) is 4.88 Å². The van der Waals surface area contributed by atoms with Gasteiger partial charge in [-0.2, -0.15) is 0 Å². The predicted molar refractivity (Wildman–Crippen MR) is 65.8 cm³/mol. The van der Waals surface area contributed by atoms with Crippen molar-refractivity contribution in [2.24, 2.45) is 0 Å². The summed E-state index contributed by atoms with van der Waals surface area (Å²) in [4.78, 5) is 15.5. The summed E-state index contributed by atoms with van der Waals surface area (Å²) in [5.41, 5.74) is 2.62. The van der Waals surface area contributed by atoms with E-state index in [1.807, 2.05) is 0 Å². The molecule has 0 saturated carbocycles. The van der Waals surface area contributed by atoms with E-state index in [9.17, 15) is 10.1 Å². The Bertz CT molecular complexity index is 499. The Hall–Kier alpha value is -1.79. The molecule has 88 valence electrons. The molecule has 0 radical (unpaired) electrons. The van der Waals surface area contributed by atoms with Crippen molar-refractivity contribution in [1.29, 1.82) is 0 Å². The second kappa shape index (κ2) is 5.51. The Morgan fingerprint density at radius 3 is 2.88 bits per heavy atom. The zero-order valence-electron chi connectivity index (χ0n) is 9.00. The molecule has 5 nitrogen and oxygen atoms in total. The predicted octanol–water partition coefficient (Wildman–Crippen LogP) is 2.34. The number of hydrogen-bond donors (Lipinski definition) is 1. The molecule has 1 aromatic heterocycles. The molecule has 0 saturated heterocycles. The smallest absolute Gasteiger partial charge is 0.273 e. The molecule has 0 unspecified atom stereocenters. The molecule has 17 heavy (non-hydrogen) atoms. The van der Waals surface area contributed by atoms with Crippen LogP contribution in [0.1, 0.15) is 10.4 Å². The quantitative estimate of drug-likeness (QED) is 0.652. The van der Waals surface area contributed by atoms with Crippen LogP contribution >= 0.6 is 11.3 Å². The number of nitrogens with one attached hydrogen (secondary N) is 1. The van der Waals surface area contributed by atoms with Crippen LogP contribution in [0.3, 0.4) is 0 Å². The van der Waals surface area contributed by atoms with E-state index in [1.165, 1.54) is 6.07 Å². The first kappa shape index (κ1) is 11.7.